The second-order valence-corrected chi connectivity index (χ2v) is 9.08. The molecule has 0 spiro atoms. The second-order valence-electron chi connectivity index (χ2n) is 6.14. The maximum atomic E-state index is 12.7. The van der Waals surface area contributed by atoms with E-state index in [4.69, 9.17) is 4.74 Å². The fraction of sp³-hybridized carbons (Fsp3) is 0.190. The number of benzene rings is 2. The standard InChI is InChI=1S/C21H22N2O4S2/c1-3-27-18-13-19(16-7-5-4-6-8-16)28-20(18)21(24)23-14-15-9-11-17(12-10-15)29(25,26)22-2/h4-13,22H,3,14H2,1-2H3,(H,23,24). The van der Waals surface area contributed by atoms with E-state index in [1.165, 1.54) is 30.5 Å². The summed E-state index contributed by atoms with van der Waals surface area (Å²) in [6.07, 6.45) is 0. The summed E-state index contributed by atoms with van der Waals surface area (Å²) >= 11 is 1.38. The van der Waals surface area contributed by atoms with Gasteiger partial charge in [0, 0.05) is 11.4 Å². The van der Waals surface area contributed by atoms with Crippen molar-refractivity contribution in [3.8, 4) is 16.2 Å². The Kier molecular flexibility index (Phi) is 6.68. The van der Waals surface area contributed by atoms with Crippen LogP contribution in [0.1, 0.15) is 22.2 Å². The number of thiophene rings is 1. The molecular weight excluding hydrogens is 408 g/mol. The molecule has 8 heteroatoms. The van der Waals surface area contributed by atoms with Crippen LogP contribution >= 0.6 is 11.3 Å². The summed E-state index contributed by atoms with van der Waals surface area (Å²) in [5.41, 5.74) is 1.82. The average Bonchev–Trinajstić information content (AvgIpc) is 3.17. The van der Waals surface area contributed by atoms with Crippen molar-refractivity contribution in [3.63, 3.8) is 0 Å². The molecular formula is C21H22N2O4S2. The Morgan fingerprint density at radius 2 is 1.76 bits per heavy atom. The van der Waals surface area contributed by atoms with Gasteiger partial charge in [-0.25, -0.2) is 13.1 Å². The Balaban J connectivity index is 1.74. The molecule has 0 radical (unpaired) electrons. The fourth-order valence-corrected chi connectivity index (χ4v) is 4.46. The van der Waals surface area contributed by atoms with Crippen LogP contribution in [-0.2, 0) is 16.6 Å². The number of nitrogens with one attached hydrogen (secondary N) is 2. The minimum atomic E-state index is -3.48. The zero-order chi connectivity index (χ0) is 20.9. The van der Waals surface area contributed by atoms with Crippen molar-refractivity contribution in [2.45, 2.75) is 18.4 Å². The number of hydrogen-bond acceptors (Lipinski definition) is 5. The molecule has 152 valence electrons. The highest BCUT2D eigenvalue weighted by molar-refractivity contribution is 7.89. The van der Waals surface area contributed by atoms with Crippen molar-refractivity contribution in [3.05, 3.63) is 71.1 Å². The van der Waals surface area contributed by atoms with E-state index >= 15 is 0 Å². The largest absolute Gasteiger partial charge is 0.492 e. The van der Waals surface area contributed by atoms with Crippen molar-refractivity contribution >= 4 is 27.3 Å². The number of carbonyl (C=O) groups excluding carboxylic acids is 1. The van der Waals surface area contributed by atoms with Gasteiger partial charge in [0.25, 0.3) is 5.91 Å². The number of hydrogen-bond donors (Lipinski definition) is 2. The zero-order valence-electron chi connectivity index (χ0n) is 16.1. The van der Waals surface area contributed by atoms with Crippen molar-refractivity contribution < 1.29 is 17.9 Å². The van der Waals surface area contributed by atoms with Gasteiger partial charge in [0.15, 0.2) is 0 Å². The van der Waals surface area contributed by atoms with Gasteiger partial charge in [-0.15, -0.1) is 11.3 Å². The molecule has 0 unspecified atom stereocenters. The second kappa shape index (κ2) is 9.21. The first-order valence-electron chi connectivity index (χ1n) is 9.07. The lowest BCUT2D eigenvalue weighted by Gasteiger charge is -2.08. The maximum absolute atomic E-state index is 12.7. The van der Waals surface area contributed by atoms with Gasteiger partial charge >= 0.3 is 0 Å². The summed E-state index contributed by atoms with van der Waals surface area (Å²) in [5, 5.41) is 2.88. The summed E-state index contributed by atoms with van der Waals surface area (Å²) < 4.78 is 31.5. The molecule has 0 bridgehead atoms. The summed E-state index contributed by atoms with van der Waals surface area (Å²) in [4.78, 5) is 14.4. The van der Waals surface area contributed by atoms with Crippen molar-refractivity contribution in [1.29, 1.82) is 0 Å². The lowest BCUT2D eigenvalue weighted by Crippen LogP contribution is -2.22. The topological polar surface area (TPSA) is 84.5 Å². The van der Waals surface area contributed by atoms with E-state index in [2.05, 4.69) is 10.0 Å². The molecule has 0 atom stereocenters. The first-order valence-corrected chi connectivity index (χ1v) is 11.4. The molecule has 0 fully saturated rings. The van der Waals surface area contributed by atoms with Crippen LogP contribution in [0.15, 0.2) is 65.6 Å². The summed E-state index contributed by atoms with van der Waals surface area (Å²) in [6, 6.07) is 18.1. The van der Waals surface area contributed by atoms with Crippen LogP contribution in [0.2, 0.25) is 0 Å². The van der Waals surface area contributed by atoms with Crippen LogP contribution in [0.25, 0.3) is 10.4 Å². The van der Waals surface area contributed by atoms with Gasteiger partial charge < -0.3 is 10.1 Å². The van der Waals surface area contributed by atoms with E-state index in [9.17, 15) is 13.2 Å². The normalized spacial score (nSPS) is 11.2. The third kappa shape index (κ3) is 5.03. The lowest BCUT2D eigenvalue weighted by atomic mass is 10.2. The molecule has 0 aliphatic heterocycles. The highest BCUT2D eigenvalue weighted by Crippen LogP contribution is 2.36. The number of amides is 1. The Hall–Kier alpha value is -2.68. The molecule has 1 amide bonds. The molecule has 6 nitrogen and oxygen atoms in total. The molecule has 0 aliphatic carbocycles. The average molecular weight is 431 g/mol. The highest BCUT2D eigenvalue weighted by Gasteiger charge is 2.18. The van der Waals surface area contributed by atoms with E-state index in [-0.39, 0.29) is 17.3 Å². The van der Waals surface area contributed by atoms with E-state index in [1.807, 2.05) is 43.3 Å². The fourth-order valence-electron chi connectivity index (χ4n) is 2.71. The molecule has 1 aromatic heterocycles. The Labute approximate surface area is 174 Å². The van der Waals surface area contributed by atoms with Gasteiger partial charge in [-0.2, -0.15) is 0 Å². The van der Waals surface area contributed by atoms with Crippen LogP contribution in [-0.4, -0.2) is 28.0 Å². The molecule has 2 N–H and O–H groups in total. The van der Waals surface area contributed by atoms with Gasteiger partial charge in [-0.3, -0.25) is 4.79 Å². The Bertz CT molecular complexity index is 1080. The minimum Gasteiger partial charge on any atom is -0.492 e. The molecule has 3 aromatic rings. The summed E-state index contributed by atoms with van der Waals surface area (Å²) in [6.45, 7) is 2.62. The molecule has 0 aliphatic rings. The molecule has 29 heavy (non-hydrogen) atoms. The molecule has 0 saturated heterocycles. The number of sulfonamides is 1. The van der Waals surface area contributed by atoms with E-state index in [1.54, 1.807) is 12.1 Å². The summed E-state index contributed by atoms with van der Waals surface area (Å²) in [7, 11) is -2.11. The smallest absolute Gasteiger partial charge is 0.265 e. The molecule has 3 rings (SSSR count). The van der Waals surface area contributed by atoms with Gasteiger partial charge in [-0.1, -0.05) is 42.5 Å². The van der Waals surface area contributed by atoms with Crippen molar-refractivity contribution in [2.75, 3.05) is 13.7 Å². The van der Waals surface area contributed by atoms with Crippen LogP contribution in [0.5, 0.6) is 5.75 Å². The van der Waals surface area contributed by atoms with Crippen LogP contribution in [0.4, 0.5) is 0 Å². The first-order chi connectivity index (χ1) is 13.9. The summed E-state index contributed by atoms with van der Waals surface area (Å²) in [5.74, 6) is 0.330. The minimum absolute atomic E-state index is 0.180. The van der Waals surface area contributed by atoms with Gasteiger partial charge in [0.2, 0.25) is 10.0 Å². The van der Waals surface area contributed by atoms with Crippen LogP contribution in [0.3, 0.4) is 0 Å². The SMILES string of the molecule is CCOc1cc(-c2ccccc2)sc1C(=O)NCc1ccc(S(=O)(=O)NC)cc1. The van der Waals surface area contributed by atoms with E-state index < -0.39 is 10.0 Å². The molecule has 1 heterocycles. The zero-order valence-corrected chi connectivity index (χ0v) is 17.8. The predicted molar refractivity (Wildman–Crippen MR) is 115 cm³/mol. The molecule has 2 aromatic carbocycles. The first kappa shape index (κ1) is 21.0. The van der Waals surface area contributed by atoms with E-state index in [0.29, 0.717) is 17.2 Å². The monoisotopic (exact) mass is 430 g/mol. The van der Waals surface area contributed by atoms with E-state index in [0.717, 1.165) is 16.0 Å². The number of ether oxygens (including phenoxy) is 1. The lowest BCUT2D eigenvalue weighted by molar-refractivity contribution is 0.0951. The van der Waals surface area contributed by atoms with Crippen molar-refractivity contribution in [1.82, 2.24) is 10.0 Å². The van der Waals surface area contributed by atoms with Crippen LogP contribution in [0, 0.1) is 0 Å². The molecule has 0 saturated carbocycles. The predicted octanol–water partition coefficient (Wildman–Crippen LogP) is 3.65. The number of rotatable bonds is 8. The van der Waals surface area contributed by atoms with Gasteiger partial charge in [0.1, 0.15) is 10.6 Å². The number of carbonyl (C=O) groups is 1. The quantitative estimate of drug-likeness (QED) is 0.571. The van der Waals surface area contributed by atoms with Gasteiger partial charge in [0.05, 0.1) is 11.5 Å². The third-order valence-electron chi connectivity index (χ3n) is 4.22. The van der Waals surface area contributed by atoms with Gasteiger partial charge in [-0.05, 0) is 43.3 Å². The third-order valence-corrected chi connectivity index (χ3v) is 6.81. The van der Waals surface area contributed by atoms with Crippen molar-refractivity contribution in [2.24, 2.45) is 0 Å². The highest BCUT2D eigenvalue weighted by atomic mass is 32.2. The Morgan fingerprint density at radius 3 is 2.38 bits per heavy atom. The Morgan fingerprint density at radius 1 is 1.07 bits per heavy atom. The van der Waals surface area contributed by atoms with Crippen LogP contribution < -0.4 is 14.8 Å². The maximum Gasteiger partial charge on any atom is 0.265 e.